The maximum atomic E-state index is 13.1. The summed E-state index contributed by atoms with van der Waals surface area (Å²) >= 11 is 6.14. The van der Waals surface area contributed by atoms with E-state index >= 15 is 0 Å². The summed E-state index contributed by atoms with van der Waals surface area (Å²) in [5.41, 5.74) is 3.03. The maximum Gasteiger partial charge on any atom is 0.355 e. The van der Waals surface area contributed by atoms with Crippen LogP contribution in [-0.4, -0.2) is 47.4 Å². The minimum Gasteiger partial charge on any atom is -0.461 e. The maximum absolute atomic E-state index is 13.1. The average Bonchev–Trinajstić information content (AvgIpc) is 3.07. The number of H-pyrrole nitrogens is 1. The molecule has 3 rings (SSSR count). The minimum absolute atomic E-state index is 0.00824. The first-order chi connectivity index (χ1) is 15.3. The number of amides is 2. The van der Waals surface area contributed by atoms with E-state index in [1.807, 2.05) is 18.2 Å². The van der Waals surface area contributed by atoms with Crippen molar-refractivity contribution in [2.24, 2.45) is 5.92 Å². The minimum atomic E-state index is -0.450. The molecule has 32 heavy (non-hydrogen) atoms. The molecule has 0 bridgehead atoms. The topological polar surface area (TPSA) is 91.5 Å². The smallest absolute Gasteiger partial charge is 0.355 e. The molecule has 0 radical (unpaired) electrons. The highest BCUT2D eigenvalue weighted by Crippen LogP contribution is 2.25. The highest BCUT2D eigenvalue weighted by atomic mass is 35.5. The predicted molar refractivity (Wildman–Crippen MR) is 123 cm³/mol. The number of carbonyl (C=O) groups excluding carboxylic acids is 3. The fourth-order valence-electron chi connectivity index (χ4n) is 4.15. The second-order valence-electron chi connectivity index (χ2n) is 8.15. The second kappa shape index (κ2) is 10.7. The number of hydrogen-bond donors (Lipinski definition) is 2. The van der Waals surface area contributed by atoms with E-state index in [4.69, 9.17) is 16.3 Å². The van der Waals surface area contributed by atoms with E-state index in [9.17, 15) is 14.4 Å². The van der Waals surface area contributed by atoms with Crippen molar-refractivity contribution in [2.45, 2.75) is 46.6 Å². The number of nitrogens with zero attached hydrogens (tertiary/aromatic N) is 1. The molecular weight excluding hydrogens is 430 g/mol. The van der Waals surface area contributed by atoms with E-state index in [2.05, 4.69) is 10.3 Å². The summed E-state index contributed by atoms with van der Waals surface area (Å²) in [5, 5.41) is 3.57. The monoisotopic (exact) mass is 459 g/mol. The molecule has 8 heteroatoms. The largest absolute Gasteiger partial charge is 0.461 e. The van der Waals surface area contributed by atoms with Crippen molar-refractivity contribution < 1.29 is 19.1 Å². The fraction of sp³-hybridized carbons (Fsp3) is 0.458. The number of benzene rings is 1. The van der Waals surface area contributed by atoms with Crippen LogP contribution < -0.4 is 5.32 Å². The van der Waals surface area contributed by atoms with Crippen LogP contribution in [0.2, 0.25) is 5.02 Å². The van der Waals surface area contributed by atoms with Gasteiger partial charge in [0.25, 0.3) is 5.91 Å². The van der Waals surface area contributed by atoms with Crippen molar-refractivity contribution >= 4 is 29.4 Å². The van der Waals surface area contributed by atoms with Gasteiger partial charge in [-0.05, 0) is 56.7 Å². The van der Waals surface area contributed by atoms with Crippen molar-refractivity contribution in [1.29, 1.82) is 0 Å². The molecule has 2 N–H and O–H groups in total. The van der Waals surface area contributed by atoms with Crippen LogP contribution in [0, 0.1) is 19.8 Å². The number of hydrogen-bond acceptors (Lipinski definition) is 4. The number of halogens is 1. The Hall–Kier alpha value is -2.80. The van der Waals surface area contributed by atoms with Crippen LogP contribution in [0.4, 0.5) is 0 Å². The van der Waals surface area contributed by atoms with Gasteiger partial charge in [0.1, 0.15) is 5.69 Å². The Balaban J connectivity index is 1.52. The SMILES string of the molecule is CCOC(=O)c1[nH]c(C)c(C(=O)N2CCC(CC(=O)NCc3ccccc3Cl)CC2)c1C. The third-order valence-electron chi connectivity index (χ3n) is 5.94. The lowest BCUT2D eigenvalue weighted by Gasteiger charge is -2.32. The van der Waals surface area contributed by atoms with Crippen molar-refractivity contribution in [3.05, 3.63) is 57.4 Å². The number of carbonyl (C=O) groups is 3. The van der Waals surface area contributed by atoms with Gasteiger partial charge in [0.15, 0.2) is 0 Å². The van der Waals surface area contributed by atoms with Crippen molar-refractivity contribution in [3.63, 3.8) is 0 Å². The molecule has 0 spiro atoms. The van der Waals surface area contributed by atoms with E-state index in [1.54, 1.807) is 31.7 Å². The van der Waals surface area contributed by atoms with E-state index in [1.165, 1.54) is 0 Å². The summed E-state index contributed by atoms with van der Waals surface area (Å²) < 4.78 is 5.07. The van der Waals surface area contributed by atoms with Gasteiger partial charge in [-0.25, -0.2) is 4.79 Å². The molecule has 0 aliphatic carbocycles. The van der Waals surface area contributed by atoms with Crippen LogP contribution in [0.1, 0.15) is 63.9 Å². The number of esters is 1. The lowest BCUT2D eigenvalue weighted by atomic mass is 9.92. The molecule has 2 aromatic rings. The first-order valence-electron chi connectivity index (χ1n) is 11.0. The van der Waals surface area contributed by atoms with Crippen molar-refractivity contribution in [3.8, 4) is 0 Å². The first kappa shape index (κ1) is 23.9. The number of aromatic nitrogens is 1. The summed E-state index contributed by atoms with van der Waals surface area (Å²) in [6, 6.07) is 7.45. The standard InChI is InChI=1S/C24H30ClN3O4/c1-4-32-24(31)22-15(2)21(16(3)27-22)23(30)28-11-9-17(10-12-28)13-20(29)26-14-18-7-5-6-8-19(18)25/h5-8,17,27H,4,9-14H2,1-3H3,(H,26,29). The van der Waals surface area contributed by atoms with Gasteiger partial charge >= 0.3 is 5.97 Å². The Labute approximate surface area is 193 Å². The molecule has 1 aromatic heterocycles. The summed E-state index contributed by atoms with van der Waals surface area (Å²) in [5.74, 6) is -0.318. The number of likely N-dealkylation sites (tertiary alicyclic amines) is 1. The molecule has 0 atom stereocenters. The highest BCUT2D eigenvalue weighted by molar-refractivity contribution is 6.31. The van der Waals surface area contributed by atoms with Crippen LogP contribution in [-0.2, 0) is 16.1 Å². The molecule has 0 saturated carbocycles. The van der Waals surface area contributed by atoms with Crippen LogP contribution in [0.15, 0.2) is 24.3 Å². The summed E-state index contributed by atoms with van der Waals surface area (Å²) in [6.07, 6.45) is 1.96. The molecule has 1 saturated heterocycles. The lowest BCUT2D eigenvalue weighted by molar-refractivity contribution is -0.122. The molecule has 1 aliphatic heterocycles. The van der Waals surface area contributed by atoms with Gasteiger partial charge in [-0.15, -0.1) is 0 Å². The van der Waals surface area contributed by atoms with E-state index in [-0.39, 0.29) is 24.3 Å². The van der Waals surface area contributed by atoms with Crippen molar-refractivity contribution in [2.75, 3.05) is 19.7 Å². The Morgan fingerprint density at radius 1 is 1.19 bits per heavy atom. The van der Waals surface area contributed by atoms with Crippen molar-refractivity contribution in [1.82, 2.24) is 15.2 Å². The zero-order valence-electron chi connectivity index (χ0n) is 18.8. The fourth-order valence-corrected chi connectivity index (χ4v) is 4.35. The van der Waals surface area contributed by atoms with Gasteiger partial charge < -0.3 is 19.9 Å². The normalized spacial score (nSPS) is 14.3. The molecule has 0 unspecified atom stereocenters. The zero-order chi connectivity index (χ0) is 23.3. The van der Waals surface area contributed by atoms with Gasteiger partial charge in [-0.1, -0.05) is 29.8 Å². The van der Waals surface area contributed by atoms with Crippen LogP contribution >= 0.6 is 11.6 Å². The lowest BCUT2D eigenvalue weighted by Crippen LogP contribution is -2.40. The third-order valence-corrected chi connectivity index (χ3v) is 6.31. The third kappa shape index (κ3) is 5.51. The first-order valence-corrected chi connectivity index (χ1v) is 11.3. The number of rotatable bonds is 7. The van der Waals surface area contributed by atoms with Crippen LogP contribution in [0.25, 0.3) is 0 Å². The molecule has 1 aliphatic rings. The van der Waals surface area contributed by atoms with Gasteiger partial charge in [0.2, 0.25) is 5.91 Å². The highest BCUT2D eigenvalue weighted by Gasteiger charge is 2.29. The van der Waals surface area contributed by atoms with E-state index in [0.717, 1.165) is 18.4 Å². The molecule has 1 fully saturated rings. The number of piperidine rings is 1. The Morgan fingerprint density at radius 3 is 2.53 bits per heavy atom. The van der Waals surface area contributed by atoms with E-state index in [0.29, 0.717) is 53.6 Å². The number of ether oxygens (including phenoxy) is 1. The van der Waals surface area contributed by atoms with Gasteiger partial charge in [-0.2, -0.15) is 0 Å². The van der Waals surface area contributed by atoms with Gasteiger partial charge in [0, 0.05) is 36.8 Å². The molecule has 1 aromatic carbocycles. The Bertz CT molecular complexity index is 993. The van der Waals surface area contributed by atoms with E-state index < -0.39 is 5.97 Å². The van der Waals surface area contributed by atoms with Crippen LogP contribution in [0.3, 0.4) is 0 Å². The summed E-state index contributed by atoms with van der Waals surface area (Å²) in [7, 11) is 0. The van der Waals surface area contributed by atoms with Gasteiger partial charge in [-0.3, -0.25) is 9.59 Å². The zero-order valence-corrected chi connectivity index (χ0v) is 19.6. The molecule has 2 amide bonds. The molecular formula is C24H30ClN3O4. The summed E-state index contributed by atoms with van der Waals surface area (Å²) in [4.78, 5) is 42.4. The molecule has 7 nitrogen and oxygen atoms in total. The average molecular weight is 460 g/mol. The number of aromatic amines is 1. The second-order valence-corrected chi connectivity index (χ2v) is 8.56. The Kier molecular flexibility index (Phi) is 7.96. The van der Waals surface area contributed by atoms with Gasteiger partial charge in [0.05, 0.1) is 12.2 Å². The quantitative estimate of drug-likeness (QED) is 0.612. The predicted octanol–water partition coefficient (Wildman–Crippen LogP) is 4.02. The number of nitrogens with one attached hydrogen (secondary N) is 2. The number of aryl methyl sites for hydroxylation is 1. The molecule has 172 valence electrons. The Morgan fingerprint density at radius 2 is 1.88 bits per heavy atom. The summed E-state index contributed by atoms with van der Waals surface area (Å²) in [6.45, 7) is 7.15. The van der Waals surface area contributed by atoms with Crippen LogP contribution in [0.5, 0.6) is 0 Å². The molecule has 2 heterocycles.